The molecule has 0 aliphatic carbocycles. The number of carbonyl (C=O) groups is 1. The second kappa shape index (κ2) is 5.16. The summed E-state index contributed by atoms with van der Waals surface area (Å²) in [5, 5.41) is 4.06. The summed E-state index contributed by atoms with van der Waals surface area (Å²) >= 11 is 0. The first-order valence-electron chi connectivity index (χ1n) is 6.74. The van der Waals surface area contributed by atoms with Gasteiger partial charge in [0.15, 0.2) is 5.76 Å². The highest BCUT2D eigenvalue weighted by atomic mass is 19.1. The SMILES string of the molecule is C=C(C)C(=O)N1CCc2c(noc2-c2ccc(F)cc2)C1. The molecule has 1 aliphatic heterocycles. The van der Waals surface area contributed by atoms with Crippen molar-refractivity contribution in [2.45, 2.75) is 19.9 Å². The summed E-state index contributed by atoms with van der Waals surface area (Å²) < 4.78 is 18.4. The van der Waals surface area contributed by atoms with E-state index >= 15 is 0 Å². The smallest absolute Gasteiger partial charge is 0.249 e. The quantitative estimate of drug-likeness (QED) is 0.797. The first-order chi connectivity index (χ1) is 10.1. The van der Waals surface area contributed by atoms with Crippen LogP contribution >= 0.6 is 0 Å². The molecule has 0 spiro atoms. The minimum Gasteiger partial charge on any atom is -0.356 e. The van der Waals surface area contributed by atoms with Gasteiger partial charge in [0.2, 0.25) is 5.91 Å². The van der Waals surface area contributed by atoms with E-state index in [4.69, 9.17) is 4.52 Å². The molecule has 1 amide bonds. The van der Waals surface area contributed by atoms with Gasteiger partial charge in [-0.2, -0.15) is 0 Å². The maximum Gasteiger partial charge on any atom is 0.249 e. The molecule has 1 aliphatic rings. The van der Waals surface area contributed by atoms with Crippen LogP contribution in [0.3, 0.4) is 0 Å². The lowest BCUT2D eigenvalue weighted by atomic mass is 10.0. The first-order valence-corrected chi connectivity index (χ1v) is 6.74. The van der Waals surface area contributed by atoms with Gasteiger partial charge in [-0.1, -0.05) is 11.7 Å². The average molecular weight is 286 g/mol. The summed E-state index contributed by atoms with van der Waals surface area (Å²) in [5.74, 6) is 0.310. The number of nitrogens with zero attached hydrogens (tertiary/aromatic N) is 2. The molecule has 5 heteroatoms. The second-order valence-electron chi connectivity index (χ2n) is 5.20. The fourth-order valence-electron chi connectivity index (χ4n) is 2.50. The Kier molecular flexibility index (Phi) is 3.33. The molecule has 0 saturated heterocycles. The van der Waals surface area contributed by atoms with Crippen molar-refractivity contribution < 1.29 is 13.7 Å². The van der Waals surface area contributed by atoms with Gasteiger partial charge >= 0.3 is 0 Å². The zero-order valence-corrected chi connectivity index (χ0v) is 11.7. The molecule has 1 aromatic heterocycles. The van der Waals surface area contributed by atoms with Crippen LogP contribution in [-0.4, -0.2) is 22.5 Å². The Hall–Kier alpha value is -2.43. The van der Waals surface area contributed by atoms with Crippen LogP contribution in [0, 0.1) is 5.82 Å². The Morgan fingerprint density at radius 1 is 1.38 bits per heavy atom. The van der Waals surface area contributed by atoms with Crippen LogP contribution in [0.15, 0.2) is 40.9 Å². The van der Waals surface area contributed by atoms with Gasteiger partial charge in [0, 0.05) is 23.2 Å². The molecule has 0 radical (unpaired) electrons. The summed E-state index contributed by atoms with van der Waals surface area (Å²) in [7, 11) is 0. The number of amides is 1. The van der Waals surface area contributed by atoms with Crippen LogP contribution in [0.5, 0.6) is 0 Å². The zero-order valence-electron chi connectivity index (χ0n) is 11.7. The molecule has 0 atom stereocenters. The lowest BCUT2D eigenvalue weighted by Gasteiger charge is -2.26. The Bertz CT molecular complexity index is 704. The van der Waals surface area contributed by atoms with Crippen LogP contribution in [0.1, 0.15) is 18.2 Å². The van der Waals surface area contributed by atoms with Crippen molar-refractivity contribution in [3.05, 3.63) is 53.5 Å². The van der Waals surface area contributed by atoms with Crippen LogP contribution in [0.25, 0.3) is 11.3 Å². The van der Waals surface area contributed by atoms with Crippen molar-refractivity contribution >= 4 is 5.91 Å². The molecule has 0 bridgehead atoms. The van der Waals surface area contributed by atoms with Crippen LogP contribution in [0.4, 0.5) is 4.39 Å². The Morgan fingerprint density at radius 2 is 2.10 bits per heavy atom. The Balaban J connectivity index is 1.89. The van der Waals surface area contributed by atoms with E-state index in [1.807, 2.05) is 0 Å². The molecule has 3 rings (SSSR count). The third kappa shape index (κ3) is 2.46. The van der Waals surface area contributed by atoms with Gasteiger partial charge in [-0.25, -0.2) is 4.39 Å². The van der Waals surface area contributed by atoms with E-state index in [-0.39, 0.29) is 11.7 Å². The number of halogens is 1. The lowest BCUT2D eigenvalue weighted by molar-refractivity contribution is -0.128. The van der Waals surface area contributed by atoms with E-state index in [2.05, 4.69) is 11.7 Å². The van der Waals surface area contributed by atoms with Gasteiger partial charge in [-0.3, -0.25) is 4.79 Å². The normalized spacial score (nSPS) is 13.9. The largest absolute Gasteiger partial charge is 0.356 e. The van der Waals surface area contributed by atoms with E-state index in [9.17, 15) is 9.18 Å². The highest BCUT2D eigenvalue weighted by molar-refractivity contribution is 5.92. The van der Waals surface area contributed by atoms with E-state index in [0.29, 0.717) is 30.8 Å². The molecule has 0 N–H and O–H groups in total. The third-order valence-electron chi connectivity index (χ3n) is 3.60. The number of aromatic nitrogens is 1. The van der Waals surface area contributed by atoms with Crippen LogP contribution in [0.2, 0.25) is 0 Å². The highest BCUT2D eigenvalue weighted by Gasteiger charge is 2.27. The molecule has 4 nitrogen and oxygen atoms in total. The standard InChI is InChI=1S/C16H15FN2O2/c1-10(2)16(20)19-8-7-13-14(9-19)18-21-15(13)11-3-5-12(17)6-4-11/h3-6H,1,7-9H2,2H3. The van der Waals surface area contributed by atoms with Crippen LogP contribution < -0.4 is 0 Å². The molecular weight excluding hydrogens is 271 g/mol. The number of benzene rings is 1. The second-order valence-corrected chi connectivity index (χ2v) is 5.20. The Labute approximate surface area is 121 Å². The fourth-order valence-corrected chi connectivity index (χ4v) is 2.50. The summed E-state index contributed by atoms with van der Waals surface area (Å²) in [4.78, 5) is 13.7. The number of carbonyl (C=O) groups excluding carboxylic acids is 1. The van der Waals surface area contributed by atoms with E-state index in [0.717, 1.165) is 16.8 Å². The molecular formula is C16H15FN2O2. The third-order valence-corrected chi connectivity index (χ3v) is 3.60. The predicted octanol–water partition coefficient (Wildman–Crippen LogP) is 2.94. The molecule has 0 unspecified atom stereocenters. The summed E-state index contributed by atoms with van der Waals surface area (Å²) in [6.45, 7) is 6.40. The number of hydrogen-bond acceptors (Lipinski definition) is 3. The lowest BCUT2D eigenvalue weighted by Crippen LogP contribution is -2.36. The summed E-state index contributed by atoms with van der Waals surface area (Å²) in [6, 6.07) is 6.12. The first kappa shape index (κ1) is 13.5. The minimum absolute atomic E-state index is 0.0630. The van der Waals surface area contributed by atoms with Crippen molar-refractivity contribution in [3.63, 3.8) is 0 Å². The average Bonchev–Trinajstić information content (AvgIpc) is 2.90. The van der Waals surface area contributed by atoms with Gasteiger partial charge in [0.05, 0.1) is 6.54 Å². The van der Waals surface area contributed by atoms with Crippen molar-refractivity contribution in [1.82, 2.24) is 10.1 Å². The zero-order chi connectivity index (χ0) is 15.0. The minimum atomic E-state index is -0.287. The number of rotatable bonds is 2. The van der Waals surface area contributed by atoms with Crippen molar-refractivity contribution in [2.75, 3.05) is 6.54 Å². The van der Waals surface area contributed by atoms with Gasteiger partial charge < -0.3 is 9.42 Å². The van der Waals surface area contributed by atoms with Gasteiger partial charge in [0.25, 0.3) is 0 Å². The van der Waals surface area contributed by atoms with Crippen molar-refractivity contribution in [2.24, 2.45) is 0 Å². The molecule has 21 heavy (non-hydrogen) atoms. The van der Waals surface area contributed by atoms with Crippen LogP contribution in [-0.2, 0) is 17.8 Å². The van der Waals surface area contributed by atoms with E-state index in [1.165, 1.54) is 12.1 Å². The van der Waals surface area contributed by atoms with E-state index < -0.39 is 0 Å². The van der Waals surface area contributed by atoms with Crippen molar-refractivity contribution in [1.29, 1.82) is 0 Å². The highest BCUT2D eigenvalue weighted by Crippen LogP contribution is 2.30. The molecule has 0 saturated carbocycles. The maximum atomic E-state index is 13.0. The summed E-state index contributed by atoms with van der Waals surface area (Å²) in [5.41, 5.74) is 3.06. The topological polar surface area (TPSA) is 46.3 Å². The Morgan fingerprint density at radius 3 is 2.76 bits per heavy atom. The van der Waals surface area contributed by atoms with Gasteiger partial charge in [-0.05, 0) is 37.6 Å². The predicted molar refractivity (Wildman–Crippen MR) is 75.8 cm³/mol. The van der Waals surface area contributed by atoms with E-state index in [1.54, 1.807) is 24.0 Å². The molecule has 0 fully saturated rings. The number of fused-ring (bicyclic) bond motifs is 1. The maximum absolute atomic E-state index is 13.0. The molecule has 1 aromatic carbocycles. The van der Waals surface area contributed by atoms with Gasteiger partial charge in [0.1, 0.15) is 11.5 Å². The summed E-state index contributed by atoms with van der Waals surface area (Å²) in [6.07, 6.45) is 0.671. The fraction of sp³-hybridized carbons (Fsp3) is 0.250. The molecule has 2 aromatic rings. The molecule has 2 heterocycles. The van der Waals surface area contributed by atoms with Gasteiger partial charge in [-0.15, -0.1) is 0 Å². The number of hydrogen-bond donors (Lipinski definition) is 0. The van der Waals surface area contributed by atoms with Crippen molar-refractivity contribution in [3.8, 4) is 11.3 Å². The molecule has 108 valence electrons. The monoisotopic (exact) mass is 286 g/mol.